The van der Waals surface area contributed by atoms with Crippen LogP contribution in [0.1, 0.15) is 18.1 Å². The molecule has 27 heavy (non-hydrogen) atoms. The summed E-state index contributed by atoms with van der Waals surface area (Å²) in [4.78, 5) is 11.9. The highest BCUT2D eigenvalue weighted by Gasteiger charge is 2.06. The van der Waals surface area contributed by atoms with E-state index in [0.717, 1.165) is 23.3 Å². The predicted octanol–water partition coefficient (Wildman–Crippen LogP) is 3.19. The fraction of sp³-hybridized carbons (Fsp3) is 0.381. The molecule has 0 fully saturated rings. The summed E-state index contributed by atoms with van der Waals surface area (Å²) >= 11 is 0. The number of carbonyl (C=O) groups is 1. The van der Waals surface area contributed by atoms with Crippen LogP contribution in [-0.4, -0.2) is 39.9 Å². The molecule has 6 heteroatoms. The minimum atomic E-state index is -0.206. The molecule has 6 nitrogen and oxygen atoms in total. The van der Waals surface area contributed by atoms with Crippen molar-refractivity contribution in [3.63, 3.8) is 0 Å². The number of rotatable bonds is 10. The number of ether oxygens (including phenoxy) is 3. The number of carbonyl (C=O) groups excluding carboxylic acids is 1. The van der Waals surface area contributed by atoms with Gasteiger partial charge in [-0.1, -0.05) is 31.2 Å². The van der Waals surface area contributed by atoms with Crippen molar-refractivity contribution in [2.24, 2.45) is 0 Å². The van der Waals surface area contributed by atoms with Gasteiger partial charge in [0, 0.05) is 6.54 Å². The zero-order valence-electron chi connectivity index (χ0n) is 16.2. The van der Waals surface area contributed by atoms with Gasteiger partial charge in [0.1, 0.15) is 12.4 Å². The number of hydrogen-bond donors (Lipinski definition) is 2. The van der Waals surface area contributed by atoms with Gasteiger partial charge in [-0.3, -0.25) is 0 Å². The Morgan fingerprint density at radius 2 is 1.67 bits per heavy atom. The average Bonchev–Trinajstić information content (AvgIpc) is 2.71. The molecule has 0 unspecified atom stereocenters. The maximum Gasteiger partial charge on any atom is 0.314 e. The van der Waals surface area contributed by atoms with Gasteiger partial charge in [0.15, 0.2) is 11.5 Å². The molecule has 2 rings (SSSR count). The van der Waals surface area contributed by atoms with E-state index in [1.165, 1.54) is 0 Å². The molecule has 0 heterocycles. The lowest BCUT2D eigenvalue weighted by Crippen LogP contribution is -2.38. The SMILES string of the molecule is CCc1ccccc1OCCNC(=O)NCCc1ccc(OC)c(OC)c1. The molecule has 0 radical (unpaired) electrons. The van der Waals surface area contributed by atoms with Crippen LogP contribution in [0.25, 0.3) is 0 Å². The van der Waals surface area contributed by atoms with Crippen molar-refractivity contribution in [1.82, 2.24) is 10.6 Å². The molecule has 0 aliphatic heterocycles. The predicted molar refractivity (Wildman–Crippen MR) is 106 cm³/mol. The van der Waals surface area contributed by atoms with Gasteiger partial charge in [-0.05, 0) is 42.2 Å². The van der Waals surface area contributed by atoms with Crippen molar-refractivity contribution in [3.8, 4) is 17.2 Å². The minimum Gasteiger partial charge on any atom is -0.493 e. The van der Waals surface area contributed by atoms with Crippen LogP contribution in [0.3, 0.4) is 0 Å². The van der Waals surface area contributed by atoms with Crippen molar-refractivity contribution in [2.45, 2.75) is 19.8 Å². The van der Waals surface area contributed by atoms with Gasteiger partial charge in [0.05, 0.1) is 20.8 Å². The second kappa shape index (κ2) is 11.0. The first kappa shape index (κ1) is 20.4. The Labute approximate surface area is 160 Å². The molecule has 2 amide bonds. The quantitative estimate of drug-likeness (QED) is 0.629. The Hall–Kier alpha value is -2.89. The summed E-state index contributed by atoms with van der Waals surface area (Å²) in [5.74, 6) is 2.25. The number of methoxy groups -OCH3 is 2. The fourth-order valence-electron chi connectivity index (χ4n) is 2.68. The molecule has 146 valence electrons. The fourth-order valence-corrected chi connectivity index (χ4v) is 2.68. The van der Waals surface area contributed by atoms with Crippen LogP contribution in [0.5, 0.6) is 17.2 Å². The number of para-hydroxylation sites is 1. The summed E-state index contributed by atoms with van der Waals surface area (Å²) in [6.07, 6.45) is 1.62. The number of amides is 2. The average molecular weight is 372 g/mol. The highest BCUT2D eigenvalue weighted by Crippen LogP contribution is 2.27. The summed E-state index contributed by atoms with van der Waals surface area (Å²) in [5.41, 5.74) is 2.23. The van der Waals surface area contributed by atoms with Crippen molar-refractivity contribution in [2.75, 3.05) is 33.9 Å². The monoisotopic (exact) mass is 372 g/mol. The number of nitrogens with one attached hydrogen (secondary N) is 2. The molecule has 0 saturated carbocycles. The van der Waals surface area contributed by atoms with Gasteiger partial charge in [0.25, 0.3) is 0 Å². The van der Waals surface area contributed by atoms with E-state index in [0.29, 0.717) is 37.6 Å². The first-order valence-electron chi connectivity index (χ1n) is 9.11. The molecule has 0 aliphatic rings. The van der Waals surface area contributed by atoms with E-state index in [-0.39, 0.29) is 6.03 Å². The molecule has 2 aromatic carbocycles. The summed E-state index contributed by atoms with van der Waals surface area (Å²) < 4.78 is 16.2. The van der Waals surface area contributed by atoms with Gasteiger partial charge in [-0.25, -0.2) is 4.79 Å². The molecule has 2 aromatic rings. The second-order valence-electron chi connectivity index (χ2n) is 5.93. The third kappa shape index (κ3) is 6.40. The van der Waals surface area contributed by atoms with Crippen LogP contribution in [-0.2, 0) is 12.8 Å². The molecule has 0 spiro atoms. The van der Waals surface area contributed by atoms with E-state index in [9.17, 15) is 4.79 Å². The van der Waals surface area contributed by atoms with E-state index >= 15 is 0 Å². The normalized spacial score (nSPS) is 10.2. The number of urea groups is 1. The van der Waals surface area contributed by atoms with E-state index in [4.69, 9.17) is 14.2 Å². The van der Waals surface area contributed by atoms with Crippen LogP contribution >= 0.6 is 0 Å². The largest absolute Gasteiger partial charge is 0.493 e. The van der Waals surface area contributed by atoms with Crippen molar-refractivity contribution in [1.29, 1.82) is 0 Å². The molecular weight excluding hydrogens is 344 g/mol. The van der Waals surface area contributed by atoms with E-state index in [1.54, 1.807) is 14.2 Å². The van der Waals surface area contributed by atoms with Crippen molar-refractivity contribution >= 4 is 6.03 Å². The zero-order valence-corrected chi connectivity index (χ0v) is 16.2. The molecule has 0 saturated heterocycles. The second-order valence-corrected chi connectivity index (χ2v) is 5.93. The van der Waals surface area contributed by atoms with Crippen LogP contribution in [0.15, 0.2) is 42.5 Å². The molecule has 0 atom stereocenters. The Bertz CT molecular complexity index is 734. The zero-order chi connectivity index (χ0) is 19.5. The maximum atomic E-state index is 11.9. The van der Waals surface area contributed by atoms with Crippen molar-refractivity contribution in [3.05, 3.63) is 53.6 Å². The maximum absolute atomic E-state index is 11.9. The standard InChI is InChI=1S/C21H28N2O4/c1-4-17-7-5-6-8-18(17)27-14-13-23-21(24)22-12-11-16-9-10-19(25-2)20(15-16)26-3/h5-10,15H,4,11-14H2,1-3H3,(H2,22,23,24). The smallest absolute Gasteiger partial charge is 0.314 e. The Morgan fingerprint density at radius 1 is 0.926 bits per heavy atom. The third-order valence-corrected chi connectivity index (χ3v) is 4.15. The first-order valence-corrected chi connectivity index (χ1v) is 9.11. The van der Waals surface area contributed by atoms with Crippen LogP contribution in [0.4, 0.5) is 4.79 Å². The van der Waals surface area contributed by atoms with Gasteiger partial charge >= 0.3 is 6.03 Å². The van der Waals surface area contributed by atoms with E-state index in [1.807, 2.05) is 42.5 Å². The highest BCUT2D eigenvalue weighted by atomic mass is 16.5. The van der Waals surface area contributed by atoms with Gasteiger partial charge in [-0.15, -0.1) is 0 Å². The highest BCUT2D eigenvalue weighted by molar-refractivity contribution is 5.73. The van der Waals surface area contributed by atoms with Crippen LogP contribution in [0, 0.1) is 0 Å². The van der Waals surface area contributed by atoms with Crippen LogP contribution < -0.4 is 24.8 Å². The summed E-state index contributed by atoms with van der Waals surface area (Å²) in [5, 5.41) is 5.64. The molecule has 2 N–H and O–H groups in total. The summed E-state index contributed by atoms with van der Waals surface area (Å²) in [7, 11) is 3.21. The first-order chi connectivity index (χ1) is 13.2. The Kier molecular flexibility index (Phi) is 8.29. The van der Waals surface area contributed by atoms with Gasteiger partial charge < -0.3 is 24.8 Å². The number of aryl methyl sites for hydroxylation is 1. The summed E-state index contributed by atoms with van der Waals surface area (Å²) in [6.45, 7) is 3.49. The molecular formula is C21H28N2O4. The molecule has 0 bridgehead atoms. The number of hydrogen-bond acceptors (Lipinski definition) is 4. The number of benzene rings is 2. The molecule has 0 aromatic heterocycles. The molecule has 0 aliphatic carbocycles. The Morgan fingerprint density at radius 3 is 2.41 bits per heavy atom. The topological polar surface area (TPSA) is 68.8 Å². The third-order valence-electron chi connectivity index (χ3n) is 4.15. The lowest BCUT2D eigenvalue weighted by molar-refractivity contribution is 0.236. The van der Waals surface area contributed by atoms with Crippen molar-refractivity contribution < 1.29 is 19.0 Å². The van der Waals surface area contributed by atoms with Gasteiger partial charge in [-0.2, -0.15) is 0 Å². The van der Waals surface area contributed by atoms with Crippen LogP contribution in [0.2, 0.25) is 0 Å². The van der Waals surface area contributed by atoms with E-state index in [2.05, 4.69) is 17.6 Å². The minimum absolute atomic E-state index is 0.206. The summed E-state index contributed by atoms with van der Waals surface area (Å²) in [6, 6.07) is 13.5. The Balaban J connectivity index is 1.66. The lowest BCUT2D eigenvalue weighted by atomic mass is 10.1. The van der Waals surface area contributed by atoms with Gasteiger partial charge in [0.2, 0.25) is 0 Å². The van der Waals surface area contributed by atoms with E-state index < -0.39 is 0 Å². The lowest BCUT2D eigenvalue weighted by Gasteiger charge is -2.12.